The summed E-state index contributed by atoms with van der Waals surface area (Å²) in [5.74, 6) is 0.181. The number of rotatable bonds is 10. The van der Waals surface area contributed by atoms with E-state index in [4.69, 9.17) is 0 Å². The first kappa shape index (κ1) is 24.7. The van der Waals surface area contributed by atoms with E-state index in [1.807, 2.05) is 36.4 Å². The highest BCUT2D eigenvalue weighted by Gasteiger charge is 2.41. The van der Waals surface area contributed by atoms with Crippen LogP contribution in [0.5, 0.6) is 0 Å². The molecule has 3 aromatic rings. The Labute approximate surface area is 205 Å². The van der Waals surface area contributed by atoms with E-state index in [9.17, 15) is 10.2 Å². The quantitative estimate of drug-likeness (QED) is 0.387. The summed E-state index contributed by atoms with van der Waals surface area (Å²) in [5.41, 5.74) is 3.36. The van der Waals surface area contributed by atoms with Crippen molar-refractivity contribution in [3.63, 3.8) is 0 Å². The topological polar surface area (TPSA) is 43.7 Å². The predicted molar refractivity (Wildman–Crippen MR) is 140 cm³/mol. The first-order chi connectivity index (χ1) is 16.6. The summed E-state index contributed by atoms with van der Waals surface area (Å²) in [5, 5.41) is 22.7. The van der Waals surface area contributed by atoms with Crippen LogP contribution >= 0.6 is 0 Å². The second-order valence-electron chi connectivity index (χ2n) is 9.76. The van der Waals surface area contributed by atoms with Gasteiger partial charge in [-0.15, -0.1) is 0 Å². The minimum Gasteiger partial charge on any atom is -0.388 e. The third kappa shape index (κ3) is 5.78. The molecule has 3 heteroatoms. The van der Waals surface area contributed by atoms with Crippen LogP contribution in [0, 0.1) is 5.92 Å². The lowest BCUT2D eigenvalue weighted by Crippen LogP contribution is -2.44. The van der Waals surface area contributed by atoms with Gasteiger partial charge in [0.1, 0.15) is 5.60 Å². The zero-order valence-corrected chi connectivity index (χ0v) is 20.4. The number of likely N-dealkylation sites (tertiary alicyclic amines) is 1. The summed E-state index contributed by atoms with van der Waals surface area (Å²) in [6, 6.07) is 28.7. The van der Waals surface area contributed by atoms with Crippen molar-refractivity contribution in [2.24, 2.45) is 5.92 Å². The molecule has 0 spiro atoms. The van der Waals surface area contributed by atoms with Gasteiger partial charge in [0.2, 0.25) is 0 Å². The molecule has 0 bridgehead atoms. The second-order valence-corrected chi connectivity index (χ2v) is 9.76. The Balaban J connectivity index is 1.31. The molecule has 0 saturated carbocycles. The maximum Gasteiger partial charge on any atom is 0.117 e. The third-order valence-electron chi connectivity index (χ3n) is 7.46. The SMILES string of the molecule is CCCc1ccc(C(O)CCCN2CCC(C(O)(c3ccccc3)c3ccccc3)CC2)cc1. The largest absolute Gasteiger partial charge is 0.388 e. The van der Waals surface area contributed by atoms with Crippen LogP contribution in [0.25, 0.3) is 0 Å². The first-order valence-electron chi connectivity index (χ1n) is 12.9. The average Bonchev–Trinajstić information content (AvgIpc) is 2.90. The maximum absolute atomic E-state index is 12.0. The summed E-state index contributed by atoms with van der Waals surface area (Å²) in [6.07, 6.45) is 5.52. The number of benzene rings is 3. The normalized spacial score (nSPS) is 16.4. The molecule has 2 N–H and O–H groups in total. The van der Waals surface area contributed by atoms with Crippen LogP contribution in [0.2, 0.25) is 0 Å². The Morgan fingerprint density at radius 1 is 0.853 bits per heavy atom. The molecule has 180 valence electrons. The van der Waals surface area contributed by atoms with Crippen molar-refractivity contribution in [1.29, 1.82) is 0 Å². The summed E-state index contributed by atoms with van der Waals surface area (Å²) < 4.78 is 0. The van der Waals surface area contributed by atoms with Crippen LogP contribution in [0.1, 0.15) is 67.4 Å². The van der Waals surface area contributed by atoms with Crippen molar-refractivity contribution < 1.29 is 10.2 Å². The Hall–Kier alpha value is -2.46. The van der Waals surface area contributed by atoms with E-state index in [1.54, 1.807) is 0 Å². The van der Waals surface area contributed by atoms with Crippen LogP contribution in [0.15, 0.2) is 84.9 Å². The summed E-state index contributed by atoms with van der Waals surface area (Å²) in [7, 11) is 0. The maximum atomic E-state index is 12.0. The minimum atomic E-state index is -0.964. The molecule has 0 aromatic heterocycles. The Morgan fingerprint density at radius 3 is 1.94 bits per heavy atom. The number of hydrogen-bond acceptors (Lipinski definition) is 3. The fourth-order valence-corrected chi connectivity index (χ4v) is 5.47. The second kappa shape index (κ2) is 11.8. The van der Waals surface area contributed by atoms with Gasteiger partial charge in [-0.1, -0.05) is 98.3 Å². The number of hydrogen-bond donors (Lipinski definition) is 2. The Bertz CT molecular complexity index is 939. The van der Waals surface area contributed by atoms with Crippen LogP contribution in [-0.2, 0) is 12.0 Å². The van der Waals surface area contributed by atoms with E-state index in [-0.39, 0.29) is 5.92 Å². The summed E-state index contributed by atoms with van der Waals surface area (Å²) in [4.78, 5) is 2.49. The fourth-order valence-electron chi connectivity index (χ4n) is 5.47. The first-order valence-corrected chi connectivity index (χ1v) is 12.9. The summed E-state index contributed by atoms with van der Waals surface area (Å²) in [6.45, 7) is 5.14. The average molecular weight is 458 g/mol. The highest BCUT2D eigenvalue weighted by atomic mass is 16.3. The molecule has 0 amide bonds. The number of aliphatic hydroxyl groups is 2. The van der Waals surface area contributed by atoms with Gasteiger partial charge in [-0.3, -0.25) is 0 Å². The number of nitrogens with zero attached hydrogens (tertiary/aromatic N) is 1. The molecule has 1 fully saturated rings. The Morgan fingerprint density at radius 2 is 1.41 bits per heavy atom. The molecule has 1 saturated heterocycles. The molecule has 1 unspecified atom stereocenters. The lowest BCUT2D eigenvalue weighted by Gasteiger charge is -2.42. The lowest BCUT2D eigenvalue weighted by atomic mass is 9.72. The van der Waals surface area contributed by atoms with Crippen molar-refractivity contribution in [2.45, 2.75) is 57.2 Å². The van der Waals surface area contributed by atoms with E-state index in [1.165, 1.54) is 5.56 Å². The van der Waals surface area contributed by atoms with Crippen LogP contribution in [-0.4, -0.2) is 34.7 Å². The molecule has 1 aliphatic heterocycles. The van der Waals surface area contributed by atoms with Gasteiger partial charge in [0, 0.05) is 0 Å². The molecule has 1 atom stereocenters. The van der Waals surface area contributed by atoms with Crippen LogP contribution in [0.3, 0.4) is 0 Å². The molecular formula is C31H39NO2. The molecule has 1 aliphatic rings. The van der Waals surface area contributed by atoms with Gasteiger partial charge in [0.25, 0.3) is 0 Å². The smallest absolute Gasteiger partial charge is 0.117 e. The summed E-state index contributed by atoms with van der Waals surface area (Å²) >= 11 is 0. The number of aryl methyl sites for hydroxylation is 1. The monoisotopic (exact) mass is 457 g/mol. The molecule has 34 heavy (non-hydrogen) atoms. The molecule has 1 heterocycles. The van der Waals surface area contributed by atoms with E-state index < -0.39 is 11.7 Å². The van der Waals surface area contributed by atoms with Crippen molar-refractivity contribution in [3.05, 3.63) is 107 Å². The van der Waals surface area contributed by atoms with Gasteiger partial charge in [-0.2, -0.15) is 0 Å². The van der Waals surface area contributed by atoms with Gasteiger partial charge in [-0.05, 0) is 79.9 Å². The van der Waals surface area contributed by atoms with Gasteiger partial charge in [-0.25, -0.2) is 0 Å². The molecule has 3 aromatic carbocycles. The van der Waals surface area contributed by atoms with Crippen molar-refractivity contribution >= 4 is 0 Å². The number of aliphatic hydroxyl groups excluding tert-OH is 1. The highest BCUT2D eigenvalue weighted by molar-refractivity contribution is 5.37. The highest BCUT2D eigenvalue weighted by Crippen LogP contribution is 2.41. The van der Waals surface area contributed by atoms with Gasteiger partial charge in [0.15, 0.2) is 0 Å². The zero-order valence-electron chi connectivity index (χ0n) is 20.4. The molecule has 0 radical (unpaired) electrons. The van der Waals surface area contributed by atoms with E-state index in [2.05, 4.69) is 60.4 Å². The third-order valence-corrected chi connectivity index (χ3v) is 7.46. The molecule has 4 rings (SSSR count). The van der Waals surface area contributed by atoms with E-state index in [0.717, 1.165) is 74.8 Å². The van der Waals surface area contributed by atoms with Gasteiger partial charge >= 0.3 is 0 Å². The van der Waals surface area contributed by atoms with E-state index >= 15 is 0 Å². The molecular weight excluding hydrogens is 418 g/mol. The predicted octanol–water partition coefficient (Wildman–Crippen LogP) is 6.10. The standard InChI is InChI=1S/C31H39NO2/c1-2-10-25-16-18-26(19-17-25)30(33)15-9-22-32-23-20-29(21-24-32)31(34,27-11-5-3-6-12-27)28-13-7-4-8-14-28/h3-8,11-14,16-19,29-30,33-34H,2,9-10,15,20-24H2,1H3. The van der Waals surface area contributed by atoms with Crippen molar-refractivity contribution in [1.82, 2.24) is 4.90 Å². The minimum absolute atomic E-state index is 0.181. The lowest BCUT2D eigenvalue weighted by molar-refractivity contribution is -0.0146. The fraction of sp³-hybridized carbons (Fsp3) is 0.419. The van der Waals surface area contributed by atoms with Crippen molar-refractivity contribution in [2.75, 3.05) is 19.6 Å². The molecule has 3 nitrogen and oxygen atoms in total. The van der Waals surface area contributed by atoms with Crippen LogP contribution in [0.4, 0.5) is 0 Å². The zero-order chi connectivity index (χ0) is 23.8. The van der Waals surface area contributed by atoms with Gasteiger partial charge in [0.05, 0.1) is 6.10 Å². The number of piperidine rings is 1. The Kier molecular flexibility index (Phi) is 8.55. The van der Waals surface area contributed by atoms with Gasteiger partial charge < -0.3 is 15.1 Å². The van der Waals surface area contributed by atoms with Crippen LogP contribution < -0.4 is 0 Å². The molecule has 0 aliphatic carbocycles. The van der Waals surface area contributed by atoms with E-state index in [0.29, 0.717) is 0 Å². The van der Waals surface area contributed by atoms with Crippen molar-refractivity contribution in [3.8, 4) is 0 Å².